The van der Waals surface area contributed by atoms with Gasteiger partial charge in [0.15, 0.2) is 17.5 Å². The first-order chi connectivity index (χ1) is 13.5. The topological polar surface area (TPSA) is 65.7 Å². The Hall–Kier alpha value is -3.55. The average molecular weight is 390 g/mol. The van der Waals surface area contributed by atoms with Gasteiger partial charge >= 0.3 is 5.97 Å². The van der Waals surface area contributed by atoms with Crippen molar-refractivity contribution < 1.29 is 31.9 Å². The molecule has 0 saturated carbocycles. The predicted octanol–water partition coefficient (Wildman–Crippen LogP) is 3.99. The van der Waals surface area contributed by atoms with Crippen molar-refractivity contribution in [1.29, 1.82) is 0 Å². The van der Waals surface area contributed by atoms with Gasteiger partial charge < -0.3 is 13.9 Å². The number of hydrogen-bond acceptors (Lipinski definition) is 5. The molecule has 8 heteroatoms. The summed E-state index contributed by atoms with van der Waals surface area (Å²) < 4.78 is 55.0. The molecular weight excluding hydrogens is 377 g/mol. The minimum atomic E-state index is -1.78. The Kier molecular flexibility index (Phi) is 5.78. The molecule has 0 bridgehead atoms. The van der Waals surface area contributed by atoms with Crippen LogP contribution in [0.3, 0.4) is 0 Å². The number of rotatable bonds is 6. The van der Waals surface area contributed by atoms with E-state index in [4.69, 9.17) is 13.9 Å². The van der Waals surface area contributed by atoms with Crippen LogP contribution in [0.4, 0.5) is 13.2 Å². The highest BCUT2D eigenvalue weighted by atomic mass is 19.2. The Bertz CT molecular complexity index is 1050. The van der Waals surface area contributed by atoms with Gasteiger partial charge in [0.1, 0.15) is 25.2 Å². The van der Waals surface area contributed by atoms with E-state index in [9.17, 15) is 22.8 Å². The largest absolute Gasteiger partial charge is 0.482 e. The van der Waals surface area contributed by atoms with E-state index in [-0.39, 0.29) is 18.1 Å². The zero-order chi connectivity index (χ0) is 20.1. The van der Waals surface area contributed by atoms with Crippen LogP contribution in [0.25, 0.3) is 0 Å². The molecule has 28 heavy (non-hydrogen) atoms. The molecule has 0 atom stereocenters. The molecule has 1 heterocycles. The second-order valence-electron chi connectivity index (χ2n) is 5.65. The number of carbonyl (C=O) groups excluding carboxylic acids is 1. The monoisotopic (exact) mass is 390 g/mol. The summed E-state index contributed by atoms with van der Waals surface area (Å²) in [5.74, 6) is -6.16. The first kappa shape index (κ1) is 19.2. The van der Waals surface area contributed by atoms with Crippen LogP contribution < -0.4 is 10.2 Å². The number of carbonyl (C=O) groups is 1. The molecule has 0 fully saturated rings. The highest BCUT2D eigenvalue weighted by molar-refractivity contribution is 5.89. The Labute approximate surface area is 156 Å². The molecule has 3 aromatic rings. The third kappa shape index (κ3) is 4.40. The fourth-order valence-electron chi connectivity index (χ4n) is 2.25. The summed E-state index contributed by atoms with van der Waals surface area (Å²) in [6.07, 6.45) is 1.06. The van der Waals surface area contributed by atoms with Gasteiger partial charge in [0.2, 0.25) is 11.2 Å². The molecule has 0 aliphatic rings. The Morgan fingerprint density at radius 2 is 1.71 bits per heavy atom. The minimum Gasteiger partial charge on any atom is -0.482 e. The summed E-state index contributed by atoms with van der Waals surface area (Å²) in [7, 11) is 0. The first-order valence-corrected chi connectivity index (χ1v) is 8.05. The lowest BCUT2D eigenvalue weighted by atomic mass is 10.2. The maximum Gasteiger partial charge on any atom is 0.341 e. The fourth-order valence-corrected chi connectivity index (χ4v) is 2.25. The number of hydrogen-bond donors (Lipinski definition) is 0. The average Bonchev–Trinajstić information content (AvgIpc) is 2.70. The van der Waals surface area contributed by atoms with Gasteiger partial charge in [0, 0.05) is 6.07 Å². The van der Waals surface area contributed by atoms with E-state index in [1.807, 2.05) is 30.3 Å². The summed E-state index contributed by atoms with van der Waals surface area (Å²) in [5, 5.41) is 0. The Morgan fingerprint density at radius 3 is 2.43 bits per heavy atom. The molecule has 0 amide bonds. The van der Waals surface area contributed by atoms with Crippen LogP contribution >= 0.6 is 0 Å². The van der Waals surface area contributed by atoms with Crippen LogP contribution in [0.5, 0.6) is 5.75 Å². The van der Waals surface area contributed by atoms with E-state index in [1.165, 1.54) is 0 Å². The highest BCUT2D eigenvalue weighted by Gasteiger charge is 2.20. The minimum absolute atomic E-state index is 0.0339. The van der Waals surface area contributed by atoms with Crippen LogP contribution in [0.2, 0.25) is 0 Å². The highest BCUT2D eigenvalue weighted by Crippen LogP contribution is 2.17. The van der Waals surface area contributed by atoms with Crippen molar-refractivity contribution in [2.45, 2.75) is 13.2 Å². The molecule has 0 aliphatic carbocycles. The van der Waals surface area contributed by atoms with Gasteiger partial charge in [-0.05, 0) is 17.7 Å². The lowest BCUT2D eigenvalue weighted by Crippen LogP contribution is -2.12. The van der Waals surface area contributed by atoms with Crippen molar-refractivity contribution in [1.82, 2.24) is 0 Å². The standard InChI is InChI=1S/C20H13F3O5/c21-15-7-6-14(18(22)19(15)23)20(25)28-10-13-8-16(24)17(11-26-13)27-9-12-4-2-1-3-5-12/h1-8,11H,9-10H2. The van der Waals surface area contributed by atoms with Gasteiger partial charge in [-0.2, -0.15) is 0 Å². The van der Waals surface area contributed by atoms with Crippen LogP contribution in [-0.2, 0) is 18.0 Å². The van der Waals surface area contributed by atoms with E-state index >= 15 is 0 Å². The van der Waals surface area contributed by atoms with Crippen molar-refractivity contribution in [2.24, 2.45) is 0 Å². The van der Waals surface area contributed by atoms with E-state index in [2.05, 4.69) is 0 Å². The van der Waals surface area contributed by atoms with Gasteiger partial charge in [-0.25, -0.2) is 18.0 Å². The smallest absolute Gasteiger partial charge is 0.341 e. The molecule has 0 aliphatic heterocycles. The van der Waals surface area contributed by atoms with Crippen LogP contribution in [-0.4, -0.2) is 5.97 Å². The van der Waals surface area contributed by atoms with Crippen molar-refractivity contribution in [3.05, 3.63) is 99.4 Å². The van der Waals surface area contributed by atoms with E-state index < -0.39 is 41.0 Å². The molecule has 0 unspecified atom stereocenters. The van der Waals surface area contributed by atoms with Crippen LogP contribution in [0, 0.1) is 17.5 Å². The summed E-state index contributed by atoms with van der Waals surface area (Å²) in [6.45, 7) is -0.346. The Morgan fingerprint density at radius 1 is 0.964 bits per heavy atom. The maximum absolute atomic E-state index is 13.6. The quantitative estimate of drug-likeness (QED) is 0.470. The maximum atomic E-state index is 13.6. The fraction of sp³-hybridized carbons (Fsp3) is 0.100. The second kappa shape index (κ2) is 8.43. The van der Waals surface area contributed by atoms with Gasteiger partial charge in [0.25, 0.3) is 0 Å². The first-order valence-electron chi connectivity index (χ1n) is 8.05. The Balaban J connectivity index is 1.62. The second-order valence-corrected chi connectivity index (χ2v) is 5.65. The lowest BCUT2D eigenvalue weighted by Gasteiger charge is -2.07. The SMILES string of the molecule is O=C(OCc1cc(=O)c(OCc2ccccc2)co1)c1ccc(F)c(F)c1F. The molecule has 0 N–H and O–H groups in total. The molecule has 3 rings (SSSR count). The third-order valence-electron chi connectivity index (χ3n) is 3.69. The van der Waals surface area contributed by atoms with E-state index in [0.29, 0.717) is 6.07 Å². The molecule has 0 spiro atoms. The normalized spacial score (nSPS) is 10.5. The van der Waals surface area contributed by atoms with Crippen molar-refractivity contribution in [2.75, 3.05) is 0 Å². The van der Waals surface area contributed by atoms with Gasteiger partial charge in [0.05, 0.1) is 5.56 Å². The zero-order valence-corrected chi connectivity index (χ0v) is 14.3. The number of halogens is 3. The number of ether oxygens (including phenoxy) is 2. The zero-order valence-electron chi connectivity index (χ0n) is 14.3. The third-order valence-corrected chi connectivity index (χ3v) is 3.69. The van der Waals surface area contributed by atoms with Crippen molar-refractivity contribution in [3.8, 4) is 5.75 Å². The molecular formula is C20H13F3O5. The molecule has 1 aromatic heterocycles. The summed E-state index contributed by atoms with van der Waals surface area (Å²) in [4.78, 5) is 23.9. The predicted molar refractivity (Wildman–Crippen MR) is 91.2 cm³/mol. The van der Waals surface area contributed by atoms with Crippen molar-refractivity contribution >= 4 is 5.97 Å². The summed E-state index contributed by atoms with van der Waals surface area (Å²) >= 11 is 0. The van der Waals surface area contributed by atoms with Gasteiger partial charge in [-0.3, -0.25) is 4.79 Å². The number of esters is 1. The molecule has 2 aromatic carbocycles. The molecule has 0 saturated heterocycles. The van der Waals surface area contributed by atoms with Crippen molar-refractivity contribution in [3.63, 3.8) is 0 Å². The van der Waals surface area contributed by atoms with Crippen LogP contribution in [0.15, 0.2) is 64.0 Å². The van der Waals surface area contributed by atoms with E-state index in [0.717, 1.165) is 24.0 Å². The molecule has 5 nitrogen and oxygen atoms in total. The van der Waals surface area contributed by atoms with E-state index in [1.54, 1.807) is 0 Å². The number of benzene rings is 2. The van der Waals surface area contributed by atoms with Crippen LogP contribution in [0.1, 0.15) is 21.7 Å². The molecule has 0 radical (unpaired) electrons. The lowest BCUT2D eigenvalue weighted by molar-refractivity contribution is 0.0435. The summed E-state index contributed by atoms with van der Waals surface area (Å²) in [6, 6.07) is 11.6. The van der Waals surface area contributed by atoms with Gasteiger partial charge in [-0.15, -0.1) is 0 Å². The summed E-state index contributed by atoms with van der Waals surface area (Å²) in [5.41, 5.74) is -0.426. The van der Waals surface area contributed by atoms with Gasteiger partial charge in [-0.1, -0.05) is 30.3 Å². The molecule has 144 valence electrons.